The lowest BCUT2D eigenvalue weighted by molar-refractivity contribution is 0.235. The normalized spacial score (nSPS) is 14.3. The second-order valence-corrected chi connectivity index (χ2v) is 14.9. The maximum Gasteiger partial charge on any atom is 0.191 e. The van der Waals surface area contributed by atoms with Crippen LogP contribution in [0.2, 0.25) is 18.1 Å². The molecule has 0 unspecified atom stereocenters. The summed E-state index contributed by atoms with van der Waals surface area (Å²) in [6, 6.07) is 8.37. The third kappa shape index (κ3) is 5.31. The number of hydrogen-bond donors (Lipinski definition) is 0. The quantitative estimate of drug-likeness (QED) is 0.415. The van der Waals surface area contributed by atoms with Crippen molar-refractivity contribution in [2.45, 2.75) is 56.6 Å². The van der Waals surface area contributed by atoms with Gasteiger partial charge in [0.15, 0.2) is 12.7 Å². The number of benzene rings is 1. The molecular formula is C18H29NOS2Si. The summed E-state index contributed by atoms with van der Waals surface area (Å²) in [5.74, 6) is 1.72. The summed E-state index contributed by atoms with van der Waals surface area (Å²) in [6.45, 7) is 14.7. The van der Waals surface area contributed by atoms with Crippen molar-refractivity contribution < 1.29 is 4.43 Å². The van der Waals surface area contributed by atoms with Gasteiger partial charge in [0.1, 0.15) is 0 Å². The Kier molecular flexibility index (Phi) is 6.33. The Hall–Kier alpha value is -0.363. The zero-order chi connectivity index (χ0) is 17.1. The van der Waals surface area contributed by atoms with Crippen molar-refractivity contribution >= 4 is 41.6 Å². The summed E-state index contributed by atoms with van der Waals surface area (Å²) in [5, 5.41) is 0.294. The van der Waals surface area contributed by atoms with Crippen molar-refractivity contribution in [3.63, 3.8) is 0 Å². The maximum absolute atomic E-state index is 6.32. The lowest BCUT2D eigenvalue weighted by Crippen LogP contribution is -2.41. The van der Waals surface area contributed by atoms with Gasteiger partial charge >= 0.3 is 0 Å². The van der Waals surface area contributed by atoms with Crippen LogP contribution in [-0.2, 0) is 4.43 Å². The molecule has 0 spiro atoms. The van der Waals surface area contributed by atoms with Crippen LogP contribution in [0.4, 0.5) is 0 Å². The van der Waals surface area contributed by atoms with E-state index in [2.05, 4.69) is 70.0 Å². The van der Waals surface area contributed by atoms with Gasteiger partial charge in [0, 0.05) is 12.4 Å². The highest BCUT2D eigenvalue weighted by atomic mass is 32.2. The number of thiazole rings is 1. The van der Waals surface area contributed by atoms with Crippen molar-refractivity contribution in [2.75, 3.05) is 12.4 Å². The zero-order valence-corrected chi connectivity index (χ0v) is 17.8. The number of rotatable bonds is 7. The van der Waals surface area contributed by atoms with Gasteiger partial charge in [-0.1, -0.05) is 51.6 Å². The summed E-state index contributed by atoms with van der Waals surface area (Å²) < 4.78 is 8.79. The Morgan fingerprint density at radius 2 is 1.96 bits per heavy atom. The third-order valence-electron chi connectivity index (χ3n) is 4.65. The van der Waals surface area contributed by atoms with Crippen molar-refractivity contribution in [3.05, 3.63) is 24.3 Å². The first-order valence-corrected chi connectivity index (χ1v) is 13.0. The molecule has 0 radical (unpaired) electrons. The van der Waals surface area contributed by atoms with Gasteiger partial charge in [0.2, 0.25) is 0 Å². The summed E-state index contributed by atoms with van der Waals surface area (Å²) in [5.41, 5.74) is 1.12. The SMILES string of the molecule is C[C@@H](CCSc1nc2ccccc2s1)CO[Si](C)(C)C(C)(C)C. The van der Waals surface area contributed by atoms with E-state index in [1.54, 1.807) is 11.3 Å². The average Bonchev–Trinajstić information content (AvgIpc) is 2.86. The van der Waals surface area contributed by atoms with E-state index in [-0.39, 0.29) is 0 Å². The van der Waals surface area contributed by atoms with Crippen LogP contribution >= 0.6 is 23.1 Å². The molecule has 0 bridgehead atoms. The van der Waals surface area contributed by atoms with Crippen molar-refractivity contribution in [3.8, 4) is 0 Å². The van der Waals surface area contributed by atoms with E-state index in [1.165, 1.54) is 15.5 Å². The summed E-state index contributed by atoms with van der Waals surface area (Å²) in [7, 11) is -1.61. The van der Waals surface area contributed by atoms with Gasteiger partial charge in [-0.25, -0.2) is 4.98 Å². The van der Waals surface area contributed by atoms with Crippen LogP contribution < -0.4 is 0 Å². The molecule has 0 saturated heterocycles. The largest absolute Gasteiger partial charge is 0.417 e. The van der Waals surface area contributed by atoms with Gasteiger partial charge in [-0.2, -0.15) is 0 Å². The Bertz CT molecular complexity index is 600. The standard InChI is InChI=1S/C18H29NOS2Si/c1-14(13-20-23(5,6)18(2,3)4)11-12-21-17-19-15-9-7-8-10-16(15)22-17/h7-10,14H,11-13H2,1-6H3/t14-/m0/s1. The van der Waals surface area contributed by atoms with Gasteiger partial charge in [0.05, 0.1) is 10.2 Å². The molecule has 0 N–H and O–H groups in total. The van der Waals surface area contributed by atoms with Crippen LogP contribution in [-0.4, -0.2) is 25.7 Å². The highest BCUT2D eigenvalue weighted by molar-refractivity contribution is 8.01. The van der Waals surface area contributed by atoms with Crippen molar-refractivity contribution in [2.24, 2.45) is 5.92 Å². The van der Waals surface area contributed by atoms with Gasteiger partial charge in [0.25, 0.3) is 0 Å². The molecule has 2 rings (SSSR count). The van der Waals surface area contributed by atoms with E-state index in [1.807, 2.05) is 11.8 Å². The molecule has 5 heteroatoms. The second kappa shape index (κ2) is 7.68. The first kappa shape index (κ1) is 19.0. The molecule has 128 valence electrons. The lowest BCUT2D eigenvalue weighted by atomic mass is 10.1. The van der Waals surface area contributed by atoms with Crippen LogP contribution in [0, 0.1) is 5.92 Å². The smallest absolute Gasteiger partial charge is 0.191 e. The first-order valence-electron chi connectivity index (χ1n) is 8.31. The monoisotopic (exact) mass is 367 g/mol. The van der Waals surface area contributed by atoms with Gasteiger partial charge in [-0.05, 0) is 42.6 Å². The molecule has 1 aromatic heterocycles. The summed E-state index contributed by atoms with van der Waals surface area (Å²) >= 11 is 3.67. The molecule has 2 nitrogen and oxygen atoms in total. The highest BCUT2D eigenvalue weighted by Gasteiger charge is 2.37. The van der Waals surface area contributed by atoms with E-state index < -0.39 is 8.32 Å². The Morgan fingerprint density at radius 1 is 1.26 bits per heavy atom. The molecule has 1 aromatic carbocycles. The number of fused-ring (bicyclic) bond motifs is 1. The van der Waals surface area contributed by atoms with E-state index in [0.717, 1.165) is 17.9 Å². The predicted octanol–water partition coefficient (Wildman–Crippen LogP) is 6.44. The minimum atomic E-state index is -1.61. The molecule has 2 aromatic rings. The molecule has 0 aliphatic heterocycles. The number of nitrogens with zero attached hydrogens (tertiary/aromatic N) is 1. The molecule has 1 heterocycles. The molecular weight excluding hydrogens is 338 g/mol. The third-order valence-corrected chi connectivity index (χ3v) is 11.4. The molecule has 0 aliphatic carbocycles. The molecule has 0 amide bonds. The molecule has 23 heavy (non-hydrogen) atoms. The molecule has 0 fully saturated rings. The minimum absolute atomic E-state index is 0.294. The first-order chi connectivity index (χ1) is 10.7. The Balaban J connectivity index is 1.75. The van der Waals surface area contributed by atoms with E-state index in [4.69, 9.17) is 4.43 Å². The number of para-hydroxylation sites is 1. The van der Waals surface area contributed by atoms with E-state index in [9.17, 15) is 0 Å². The number of thioether (sulfide) groups is 1. The maximum atomic E-state index is 6.32. The number of hydrogen-bond acceptors (Lipinski definition) is 4. The summed E-state index contributed by atoms with van der Waals surface area (Å²) in [4.78, 5) is 4.68. The minimum Gasteiger partial charge on any atom is -0.417 e. The van der Waals surface area contributed by atoms with Crippen LogP contribution in [0.5, 0.6) is 0 Å². The Labute approximate surface area is 150 Å². The predicted molar refractivity (Wildman–Crippen MR) is 107 cm³/mol. The van der Waals surface area contributed by atoms with Crippen LogP contribution in [0.1, 0.15) is 34.1 Å². The van der Waals surface area contributed by atoms with Gasteiger partial charge < -0.3 is 4.43 Å². The fraction of sp³-hybridized carbons (Fsp3) is 0.611. The van der Waals surface area contributed by atoms with Crippen molar-refractivity contribution in [1.82, 2.24) is 4.98 Å². The fourth-order valence-corrected chi connectivity index (χ4v) is 5.35. The van der Waals surface area contributed by atoms with E-state index >= 15 is 0 Å². The molecule has 1 atom stereocenters. The fourth-order valence-electron chi connectivity index (χ4n) is 1.91. The van der Waals surface area contributed by atoms with Gasteiger partial charge in [-0.3, -0.25) is 0 Å². The number of aromatic nitrogens is 1. The van der Waals surface area contributed by atoms with Crippen LogP contribution in [0.15, 0.2) is 28.6 Å². The summed E-state index contributed by atoms with van der Waals surface area (Å²) in [6.07, 6.45) is 1.18. The second-order valence-electron chi connectivity index (χ2n) is 7.76. The van der Waals surface area contributed by atoms with E-state index in [0.29, 0.717) is 11.0 Å². The molecule has 0 saturated carbocycles. The zero-order valence-electron chi connectivity index (χ0n) is 15.2. The van der Waals surface area contributed by atoms with Crippen molar-refractivity contribution in [1.29, 1.82) is 0 Å². The highest BCUT2D eigenvalue weighted by Crippen LogP contribution is 2.37. The molecule has 0 aliphatic rings. The Morgan fingerprint density at radius 3 is 2.61 bits per heavy atom. The van der Waals surface area contributed by atoms with Crippen LogP contribution in [0.25, 0.3) is 10.2 Å². The lowest BCUT2D eigenvalue weighted by Gasteiger charge is -2.37. The van der Waals surface area contributed by atoms with Crippen LogP contribution in [0.3, 0.4) is 0 Å². The van der Waals surface area contributed by atoms with Gasteiger partial charge in [-0.15, -0.1) is 11.3 Å². The topological polar surface area (TPSA) is 22.1 Å². The average molecular weight is 368 g/mol.